The predicted molar refractivity (Wildman–Crippen MR) is 136 cm³/mol. The molecule has 9 nitrogen and oxygen atoms in total. The van der Waals surface area contributed by atoms with Crippen molar-refractivity contribution in [2.75, 3.05) is 19.1 Å². The van der Waals surface area contributed by atoms with Crippen LogP contribution in [0, 0.1) is 24.7 Å². The minimum absolute atomic E-state index is 0.143. The highest BCUT2D eigenvalue weighted by atomic mass is 16.5. The van der Waals surface area contributed by atoms with Crippen molar-refractivity contribution >= 4 is 29.3 Å². The smallest absolute Gasteiger partial charge is 0.325 e. The van der Waals surface area contributed by atoms with Gasteiger partial charge in [-0.15, -0.1) is 0 Å². The van der Waals surface area contributed by atoms with E-state index >= 15 is 0 Å². The summed E-state index contributed by atoms with van der Waals surface area (Å²) in [6, 6.07) is 8.88. The van der Waals surface area contributed by atoms with E-state index in [0.717, 1.165) is 4.90 Å². The molecule has 37 heavy (non-hydrogen) atoms. The van der Waals surface area contributed by atoms with Crippen LogP contribution in [0.5, 0.6) is 11.5 Å². The zero-order valence-corrected chi connectivity index (χ0v) is 21.8. The Hall–Kier alpha value is -3.72. The fourth-order valence-corrected chi connectivity index (χ4v) is 5.92. The highest BCUT2D eigenvalue weighted by molar-refractivity contribution is 6.24. The van der Waals surface area contributed by atoms with E-state index in [4.69, 9.17) is 9.47 Å². The third kappa shape index (κ3) is 3.80. The molecule has 4 rings (SSSR count). The Morgan fingerprint density at radius 2 is 1.73 bits per heavy atom. The Balaban J connectivity index is 1.91. The lowest BCUT2D eigenvalue weighted by molar-refractivity contribution is -0.151. The molecule has 0 bridgehead atoms. The number of ether oxygens (including phenoxy) is 2. The number of carboxylic acid groups (broad SMARTS) is 1. The largest absolute Gasteiger partial charge is 0.496 e. The minimum Gasteiger partial charge on any atom is -0.496 e. The topological polar surface area (TPSA) is 122 Å². The lowest BCUT2D eigenvalue weighted by Gasteiger charge is -2.36. The van der Waals surface area contributed by atoms with E-state index in [1.54, 1.807) is 43.3 Å². The van der Waals surface area contributed by atoms with E-state index in [2.05, 4.69) is 5.32 Å². The minimum atomic E-state index is -1.68. The molecule has 0 aliphatic carbocycles. The number of carbonyl (C=O) groups is 4. The van der Waals surface area contributed by atoms with E-state index in [1.807, 2.05) is 13.8 Å². The van der Waals surface area contributed by atoms with Crippen LogP contribution >= 0.6 is 0 Å². The maximum absolute atomic E-state index is 14.0. The van der Waals surface area contributed by atoms with Crippen LogP contribution in [0.2, 0.25) is 0 Å². The SMILES string of the molecule is CCC(C)C1(C(=O)O)NC(c2ccc(OC)c(C)c2OC)C2C(=O)N(c3ccc(C(C)=O)cc3)C(=O)C21. The molecule has 2 heterocycles. The van der Waals surface area contributed by atoms with Gasteiger partial charge in [0.1, 0.15) is 17.0 Å². The first kappa shape index (κ1) is 26.3. The number of hydrogen-bond acceptors (Lipinski definition) is 7. The molecule has 9 heteroatoms. The first-order valence-corrected chi connectivity index (χ1v) is 12.3. The Bertz CT molecular complexity index is 1270. The molecule has 2 amide bonds. The van der Waals surface area contributed by atoms with Crippen molar-refractivity contribution in [3.05, 3.63) is 53.1 Å². The molecule has 2 aliphatic heterocycles. The average Bonchev–Trinajstić information content (AvgIpc) is 3.37. The van der Waals surface area contributed by atoms with Gasteiger partial charge in [-0.2, -0.15) is 0 Å². The van der Waals surface area contributed by atoms with Gasteiger partial charge in [0, 0.05) is 22.7 Å². The molecule has 0 saturated carbocycles. The highest BCUT2D eigenvalue weighted by Crippen LogP contribution is 2.54. The molecule has 5 atom stereocenters. The number of carbonyl (C=O) groups excluding carboxylic acids is 3. The summed E-state index contributed by atoms with van der Waals surface area (Å²) in [6.07, 6.45) is 0.475. The summed E-state index contributed by atoms with van der Waals surface area (Å²) in [6.45, 7) is 6.88. The van der Waals surface area contributed by atoms with Crippen LogP contribution in [0.4, 0.5) is 5.69 Å². The van der Waals surface area contributed by atoms with Crippen LogP contribution in [0.25, 0.3) is 0 Å². The van der Waals surface area contributed by atoms with E-state index in [9.17, 15) is 24.3 Å². The number of nitrogens with one attached hydrogen (secondary N) is 1. The number of fused-ring (bicyclic) bond motifs is 1. The van der Waals surface area contributed by atoms with Gasteiger partial charge in [0.05, 0.1) is 31.7 Å². The number of nitrogens with zero attached hydrogens (tertiary/aromatic N) is 1. The Labute approximate surface area is 215 Å². The third-order valence-corrected chi connectivity index (χ3v) is 8.02. The molecule has 5 unspecified atom stereocenters. The Morgan fingerprint density at radius 3 is 2.24 bits per heavy atom. The zero-order valence-electron chi connectivity index (χ0n) is 21.8. The van der Waals surface area contributed by atoms with Gasteiger partial charge in [-0.05, 0) is 50.1 Å². The van der Waals surface area contributed by atoms with Gasteiger partial charge >= 0.3 is 5.97 Å². The van der Waals surface area contributed by atoms with Crippen molar-refractivity contribution in [3.8, 4) is 11.5 Å². The van der Waals surface area contributed by atoms with Crippen LogP contribution in [-0.4, -0.2) is 48.4 Å². The van der Waals surface area contributed by atoms with Gasteiger partial charge in [-0.3, -0.25) is 24.5 Å². The summed E-state index contributed by atoms with van der Waals surface area (Å²) >= 11 is 0. The summed E-state index contributed by atoms with van der Waals surface area (Å²) in [7, 11) is 3.04. The van der Waals surface area contributed by atoms with Crippen molar-refractivity contribution in [2.24, 2.45) is 17.8 Å². The normalized spacial score (nSPS) is 25.7. The van der Waals surface area contributed by atoms with E-state index in [0.29, 0.717) is 40.3 Å². The first-order valence-electron chi connectivity index (χ1n) is 12.3. The molecule has 0 aromatic heterocycles. The number of benzene rings is 2. The van der Waals surface area contributed by atoms with Gasteiger partial charge in [0.25, 0.3) is 0 Å². The molecule has 2 aromatic carbocycles. The van der Waals surface area contributed by atoms with E-state index in [1.165, 1.54) is 21.1 Å². The lowest BCUT2D eigenvalue weighted by atomic mass is 9.72. The van der Waals surface area contributed by atoms with Gasteiger partial charge < -0.3 is 14.6 Å². The first-order chi connectivity index (χ1) is 17.5. The van der Waals surface area contributed by atoms with Crippen molar-refractivity contribution in [2.45, 2.75) is 45.7 Å². The van der Waals surface area contributed by atoms with Gasteiger partial charge in [0.15, 0.2) is 5.78 Å². The fourth-order valence-electron chi connectivity index (χ4n) is 5.92. The molecule has 2 aromatic rings. The number of anilines is 1. The number of methoxy groups -OCH3 is 2. The maximum atomic E-state index is 14.0. The average molecular weight is 509 g/mol. The van der Waals surface area contributed by atoms with Crippen LogP contribution in [0.3, 0.4) is 0 Å². The lowest BCUT2D eigenvalue weighted by Crippen LogP contribution is -2.59. The zero-order chi connectivity index (χ0) is 27.2. The quantitative estimate of drug-likeness (QED) is 0.410. The van der Waals surface area contributed by atoms with Crippen LogP contribution < -0.4 is 19.7 Å². The van der Waals surface area contributed by atoms with Crippen molar-refractivity contribution in [1.82, 2.24) is 5.32 Å². The second-order valence-corrected chi connectivity index (χ2v) is 9.74. The molecular formula is C28H32N2O7. The maximum Gasteiger partial charge on any atom is 0.325 e. The van der Waals surface area contributed by atoms with Crippen molar-refractivity contribution < 1.29 is 33.8 Å². The highest BCUT2D eigenvalue weighted by Gasteiger charge is 2.70. The fraction of sp³-hybridized carbons (Fsp3) is 0.429. The molecule has 0 radical (unpaired) electrons. The third-order valence-electron chi connectivity index (χ3n) is 8.02. The van der Waals surface area contributed by atoms with Crippen LogP contribution in [-0.2, 0) is 14.4 Å². The number of imide groups is 1. The Kier molecular flexibility index (Phi) is 6.85. The van der Waals surface area contributed by atoms with Gasteiger partial charge in [-0.25, -0.2) is 4.90 Å². The summed E-state index contributed by atoms with van der Waals surface area (Å²) in [4.78, 5) is 53.6. The number of Topliss-reactive ketones (excluding diaryl/α,β-unsaturated/α-hetero) is 1. The molecule has 2 fully saturated rings. The monoisotopic (exact) mass is 508 g/mol. The molecular weight excluding hydrogens is 476 g/mol. The summed E-state index contributed by atoms with van der Waals surface area (Å²) < 4.78 is 11.1. The molecule has 196 valence electrons. The number of amides is 2. The van der Waals surface area contributed by atoms with Crippen molar-refractivity contribution in [3.63, 3.8) is 0 Å². The summed E-state index contributed by atoms with van der Waals surface area (Å²) in [5, 5.41) is 13.8. The molecule has 2 N–H and O–H groups in total. The molecule has 2 aliphatic rings. The van der Waals surface area contributed by atoms with Gasteiger partial charge in [-0.1, -0.05) is 26.3 Å². The van der Waals surface area contributed by atoms with Gasteiger partial charge in [0.2, 0.25) is 11.8 Å². The van der Waals surface area contributed by atoms with E-state index in [-0.39, 0.29) is 5.78 Å². The molecule has 2 saturated heterocycles. The predicted octanol–water partition coefficient (Wildman–Crippen LogP) is 3.53. The number of rotatable bonds is 8. The standard InChI is InChI=1S/C28H32N2O7/c1-7-14(2)28(27(34)35)22-21(23(29-28)19-12-13-20(36-5)15(3)24(19)37-6)25(32)30(26(22)33)18-10-8-17(9-11-18)16(4)31/h8-14,21-23,29H,7H2,1-6H3,(H,34,35). The summed E-state index contributed by atoms with van der Waals surface area (Å²) in [5.41, 5.74) is 0.349. The summed E-state index contributed by atoms with van der Waals surface area (Å²) in [5.74, 6) is -3.94. The Morgan fingerprint density at radius 1 is 1.08 bits per heavy atom. The van der Waals surface area contributed by atoms with Crippen LogP contribution in [0.1, 0.15) is 54.7 Å². The number of hydrogen-bond donors (Lipinski definition) is 2. The van der Waals surface area contributed by atoms with E-state index < -0.39 is 47.1 Å². The second kappa shape index (κ2) is 9.63. The van der Waals surface area contributed by atoms with Crippen LogP contribution in [0.15, 0.2) is 36.4 Å². The van der Waals surface area contributed by atoms with Crippen molar-refractivity contribution in [1.29, 1.82) is 0 Å². The number of ketones is 1. The number of aliphatic carboxylic acids is 1. The number of carboxylic acids is 1. The second-order valence-electron chi connectivity index (χ2n) is 9.74. The molecule has 0 spiro atoms.